The minimum atomic E-state index is -1.47. The second kappa shape index (κ2) is 9.68. The van der Waals surface area contributed by atoms with E-state index in [4.69, 9.17) is 20.8 Å². The van der Waals surface area contributed by atoms with E-state index in [1.807, 2.05) is 12.1 Å². The molecule has 2 aromatic carbocycles. The fourth-order valence-electron chi connectivity index (χ4n) is 3.15. The summed E-state index contributed by atoms with van der Waals surface area (Å²) in [6.07, 6.45) is 2.09. The number of nitrogens with one attached hydrogen (secondary N) is 1. The number of anilines is 1. The van der Waals surface area contributed by atoms with Gasteiger partial charge in [-0.3, -0.25) is 9.29 Å². The van der Waals surface area contributed by atoms with Gasteiger partial charge in [0, 0.05) is 10.8 Å². The van der Waals surface area contributed by atoms with Crippen molar-refractivity contribution < 1.29 is 13.4 Å². The number of halogens is 1. The summed E-state index contributed by atoms with van der Waals surface area (Å²) in [6, 6.07) is 18.1. The maximum atomic E-state index is 12.8. The van der Waals surface area contributed by atoms with Gasteiger partial charge in [-0.2, -0.15) is 5.26 Å². The molecule has 0 amide bonds. The number of nitriles is 1. The van der Waals surface area contributed by atoms with E-state index in [0.717, 1.165) is 5.56 Å². The molecule has 1 N–H and O–H groups in total. The monoisotopic (exact) mass is 467 g/mol. The van der Waals surface area contributed by atoms with Gasteiger partial charge in [-0.25, -0.2) is 4.21 Å². The molecule has 0 saturated carbocycles. The summed E-state index contributed by atoms with van der Waals surface area (Å²) < 4.78 is 28.3. The molecule has 2 heterocycles. The number of benzene rings is 2. The van der Waals surface area contributed by atoms with Crippen LogP contribution in [0.3, 0.4) is 0 Å². The molecular formula is C22H18ClN5O3S. The quantitative estimate of drug-likeness (QED) is 0.412. The largest absolute Gasteiger partial charge is 0.495 e. The zero-order valence-electron chi connectivity index (χ0n) is 17.0. The van der Waals surface area contributed by atoms with Crippen LogP contribution in [0.1, 0.15) is 11.1 Å². The first kappa shape index (κ1) is 21.6. The third kappa shape index (κ3) is 4.51. The molecule has 10 heteroatoms. The minimum absolute atomic E-state index is 0.201. The molecule has 1 atom stereocenters. The van der Waals surface area contributed by atoms with Crippen LogP contribution in [0.2, 0.25) is 5.02 Å². The van der Waals surface area contributed by atoms with Crippen molar-refractivity contribution in [1.82, 2.24) is 14.8 Å². The summed E-state index contributed by atoms with van der Waals surface area (Å²) in [7, 11) is 0.0361. The van der Waals surface area contributed by atoms with Gasteiger partial charge >= 0.3 is 0 Å². The van der Waals surface area contributed by atoms with Crippen LogP contribution in [0.25, 0.3) is 17.3 Å². The van der Waals surface area contributed by atoms with E-state index in [-0.39, 0.29) is 5.95 Å². The highest BCUT2D eigenvalue weighted by Gasteiger charge is 2.23. The first-order valence-electron chi connectivity index (χ1n) is 9.57. The predicted molar refractivity (Wildman–Crippen MR) is 122 cm³/mol. The van der Waals surface area contributed by atoms with Crippen molar-refractivity contribution in [3.8, 4) is 29.1 Å². The number of hydrogen-bond acceptors (Lipinski definition) is 6. The molecular weight excluding hydrogens is 450 g/mol. The number of methoxy groups -OCH3 is 1. The average molecular weight is 468 g/mol. The van der Waals surface area contributed by atoms with Crippen molar-refractivity contribution in [3.05, 3.63) is 77.0 Å². The maximum absolute atomic E-state index is 12.8. The molecule has 0 bridgehead atoms. The predicted octanol–water partition coefficient (Wildman–Crippen LogP) is 4.38. The lowest BCUT2D eigenvalue weighted by molar-refractivity contribution is 0.413. The molecule has 0 aliphatic heterocycles. The second-order valence-electron chi connectivity index (χ2n) is 6.66. The fourth-order valence-corrected chi connectivity index (χ4v) is 4.13. The lowest BCUT2D eigenvalue weighted by Gasteiger charge is -2.15. The van der Waals surface area contributed by atoms with Crippen molar-refractivity contribution in [2.45, 2.75) is 6.42 Å². The third-order valence-electron chi connectivity index (χ3n) is 4.66. The van der Waals surface area contributed by atoms with E-state index in [0.29, 0.717) is 45.8 Å². The number of rotatable bonds is 8. The summed E-state index contributed by atoms with van der Waals surface area (Å²) in [5.41, 5.74) is 1.77. The number of ether oxygens (including phenoxy) is 1. The standard InChI is InChI=1S/C22H18ClN5O3S/c1-30-18-5-2-4-16(14-24)20(18)28-21(19-6-3-12-31-19)25-26-22(28)27-32(29)13-11-15-7-9-17(23)10-8-15/h2-10,12H,11,13H2,1H3,(H,26,27). The summed E-state index contributed by atoms with van der Waals surface area (Å²) in [6.45, 7) is 0. The molecule has 4 aromatic rings. The molecule has 2 aromatic heterocycles. The number of hydrogen-bond donors (Lipinski definition) is 1. The van der Waals surface area contributed by atoms with Crippen molar-refractivity contribution in [1.29, 1.82) is 5.26 Å². The molecule has 0 fully saturated rings. The van der Waals surface area contributed by atoms with Crippen LogP contribution >= 0.6 is 11.6 Å². The summed E-state index contributed by atoms with van der Waals surface area (Å²) >= 11 is 5.92. The number of aryl methyl sites for hydroxylation is 1. The lowest BCUT2D eigenvalue weighted by atomic mass is 10.1. The van der Waals surface area contributed by atoms with Crippen molar-refractivity contribution >= 4 is 28.5 Å². The van der Waals surface area contributed by atoms with E-state index in [1.54, 1.807) is 47.0 Å². The van der Waals surface area contributed by atoms with Crippen LogP contribution in [0.4, 0.5) is 5.95 Å². The Bertz CT molecular complexity index is 1280. The van der Waals surface area contributed by atoms with Gasteiger partial charge in [0.25, 0.3) is 0 Å². The number of para-hydroxylation sites is 1. The third-order valence-corrected chi connectivity index (χ3v) is 5.90. The lowest BCUT2D eigenvalue weighted by Crippen LogP contribution is -2.15. The van der Waals surface area contributed by atoms with Gasteiger partial charge in [0.1, 0.15) is 28.5 Å². The zero-order valence-corrected chi connectivity index (χ0v) is 18.6. The number of furan rings is 1. The zero-order chi connectivity index (χ0) is 22.5. The van der Waals surface area contributed by atoms with Crippen LogP contribution in [-0.2, 0) is 17.4 Å². The first-order chi connectivity index (χ1) is 15.6. The van der Waals surface area contributed by atoms with Gasteiger partial charge < -0.3 is 9.15 Å². The Kier molecular flexibility index (Phi) is 6.54. The Balaban J connectivity index is 1.69. The van der Waals surface area contributed by atoms with E-state index < -0.39 is 11.0 Å². The fraction of sp³-hybridized carbons (Fsp3) is 0.136. The molecule has 0 aliphatic rings. The molecule has 4 rings (SSSR count). The SMILES string of the molecule is COc1cccc(C#N)c1-n1c(NS(=O)CCc2ccc(Cl)cc2)nnc1-c1ccco1. The Morgan fingerprint density at radius 1 is 1.19 bits per heavy atom. The molecule has 32 heavy (non-hydrogen) atoms. The molecule has 0 saturated heterocycles. The molecule has 162 valence electrons. The van der Waals surface area contributed by atoms with Gasteiger partial charge in [-0.15, -0.1) is 10.2 Å². The molecule has 0 radical (unpaired) electrons. The topological polar surface area (TPSA) is 106 Å². The van der Waals surface area contributed by atoms with Crippen molar-refractivity contribution in [2.24, 2.45) is 0 Å². The summed E-state index contributed by atoms with van der Waals surface area (Å²) in [4.78, 5) is 0. The van der Waals surface area contributed by atoms with Crippen LogP contribution < -0.4 is 9.46 Å². The maximum Gasteiger partial charge on any atom is 0.241 e. The average Bonchev–Trinajstić information content (AvgIpc) is 3.48. The van der Waals surface area contributed by atoms with E-state index >= 15 is 0 Å². The molecule has 0 aliphatic carbocycles. The Morgan fingerprint density at radius 2 is 2.00 bits per heavy atom. The van der Waals surface area contributed by atoms with E-state index in [1.165, 1.54) is 13.4 Å². The van der Waals surface area contributed by atoms with Crippen molar-refractivity contribution in [2.75, 3.05) is 17.6 Å². The van der Waals surface area contributed by atoms with Crippen molar-refractivity contribution in [3.63, 3.8) is 0 Å². The van der Waals surface area contributed by atoms with Crippen LogP contribution in [-0.4, -0.2) is 31.8 Å². The van der Waals surface area contributed by atoms with Gasteiger partial charge in [0.05, 0.1) is 18.9 Å². The van der Waals surface area contributed by atoms with E-state index in [2.05, 4.69) is 21.0 Å². The summed E-state index contributed by atoms with van der Waals surface area (Å²) in [5, 5.41) is 18.7. The highest BCUT2D eigenvalue weighted by Crippen LogP contribution is 2.33. The number of aromatic nitrogens is 3. The Labute approximate surface area is 192 Å². The molecule has 0 spiro atoms. The van der Waals surface area contributed by atoms with Gasteiger partial charge in [0.15, 0.2) is 5.76 Å². The first-order valence-corrected chi connectivity index (χ1v) is 11.3. The van der Waals surface area contributed by atoms with Crippen LogP contribution in [0.15, 0.2) is 65.3 Å². The van der Waals surface area contributed by atoms with Gasteiger partial charge in [0.2, 0.25) is 11.8 Å². The number of nitrogens with zero attached hydrogens (tertiary/aromatic N) is 4. The highest BCUT2D eigenvalue weighted by atomic mass is 35.5. The Morgan fingerprint density at radius 3 is 2.69 bits per heavy atom. The summed E-state index contributed by atoms with van der Waals surface area (Å²) in [5.74, 6) is 1.75. The normalized spacial score (nSPS) is 11.7. The second-order valence-corrected chi connectivity index (χ2v) is 8.40. The molecule has 1 unspecified atom stereocenters. The van der Waals surface area contributed by atoms with Crippen LogP contribution in [0, 0.1) is 11.3 Å². The molecule has 8 nitrogen and oxygen atoms in total. The van der Waals surface area contributed by atoms with Gasteiger partial charge in [-0.1, -0.05) is 29.8 Å². The Hall–Kier alpha value is -3.61. The van der Waals surface area contributed by atoms with Gasteiger partial charge in [-0.05, 0) is 48.4 Å². The van der Waals surface area contributed by atoms with Crippen LogP contribution in [0.5, 0.6) is 5.75 Å². The van der Waals surface area contributed by atoms with E-state index in [9.17, 15) is 9.47 Å². The smallest absolute Gasteiger partial charge is 0.241 e. The highest BCUT2D eigenvalue weighted by molar-refractivity contribution is 7.86. The minimum Gasteiger partial charge on any atom is -0.495 e.